The van der Waals surface area contributed by atoms with E-state index in [1.165, 1.54) is 18.3 Å². The first-order valence-electron chi connectivity index (χ1n) is 8.73. The molecule has 0 aliphatic heterocycles. The fraction of sp³-hybridized carbons (Fsp3) is 0.0952. The molecular formula is C21H15F3N4O. The summed E-state index contributed by atoms with van der Waals surface area (Å²) in [5.74, 6) is -0.854. The lowest BCUT2D eigenvalue weighted by Crippen LogP contribution is -2.18. The van der Waals surface area contributed by atoms with Gasteiger partial charge in [-0.15, -0.1) is 0 Å². The highest BCUT2D eigenvalue weighted by molar-refractivity contribution is 6.06. The Kier molecular flexibility index (Phi) is 4.54. The third-order valence-electron chi connectivity index (χ3n) is 4.44. The zero-order valence-corrected chi connectivity index (χ0v) is 15.2. The minimum Gasteiger partial charge on any atom is -0.321 e. The summed E-state index contributed by atoms with van der Waals surface area (Å²) in [6, 6.07) is 15.7. The van der Waals surface area contributed by atoms with Crippen LogP contribution in [0.15, 0.2) is 66.9 Å². The number of benzene rings is 2. The van der Waals surface area contributed by atoms with Crippen molar-refractivity contribution in [3.63, 3.8) is 0 Å². The molecule has 1 amide bonds. The van der Waals surface area contributed by atoms with E-state index in [-0.39, 0.29) is 5.69 Å². The number of para-hydroxylation sites is 1. The van der Waals surface area contributed by atoms with Gasteiger partial charge in [-0.05, 0) is 37.3 Å². The van der Waals surface area contributed by atoms with Crippen LogP contribution in [0.3, 0.4) is 0 Å². The highest BCUT2D eigenvalue weighted by atomic mass is 19.4. The maximum Gasteiger partial charge on any atom is 0.417 e. The van der Waals surface area contributed by atoms with Crippen molar-refractivity contribution in [2.45, 2.75) is 13.1 Å². The zero-order valence-electron chi connectivity index (χ0n) is 15.2. The number of hydrogen-bond donors (Lipinski definition) is 1. The van der Waals surface area contributed by atoms with Crippen LogP contribution in [0.2, 0.25) is 0 Å². The monoisotopic (exact) mass is 396 g/mol. The molecule has 0 bridgehead atoms. The van der Waals surface area contributed by atoms with E-state index in [9.17, 15) is 18.0 Å². The number of amides is 1. The van der Waals surface area contributed by atoms with E-state index in [1.807, 2.05) is 30.3 Å². The topological polar surface area (TPSA) is 59.8 Å². The highest BCUT2D eigenvalue weighted by Gasteiger charge is 2.34. The van der Waals surface area contributed by atoms with Crippen molar-refractivity contribution in [2.24, 2.45) is 0 Å². The van der Waals surface area contributed by atoms with Crippen molar-refractivity contribution in [1.82, 2.24) is 14.8 Å². The Labute approximate surface area is 163 Å². The first kappa shape index (κ1) is 18.7. The molecule has 0 unspecified atom stereocenters. The Morgan fingerprint density at radius 1 is 1.03 bits per heavy atom. The van der Waals surface area contributed by atoms with Crippen molar-refractivity contribution < 1.29 is 18.0 Å². The Balaban J connectivity index is 1.69. The second kappa shape index (κ2) is 7.05. The average molecular weight is 396 g/mol. The molecule has 2 aromatic carbocycles. The molecule has 0 aliphatic rings. The van der Waals surface area contributed by atoms with E-state index in [0.29, 0.717) is 16.7 Å². The van der Waals surface area contributed by atoms with Crippen molar-refractivity contribution in [3.05, 3.63) is 83.7 Å². The summed E-state index contributed by atoms with van der Waals surface area (Å²) in [5, 5.41) is 7.67. The first-order chi connectivity index (χ1) is 13.8. The quantitative estimate of drug-likeness (QED) is 0.530. The average Bonchev–Trinajstić information content (AvgIpc) is 3.04. The van der Waals surface area contributed by atoms with Crippen LogP contribution in [0, 0.1) is 6.92 Å². The second-order valence-corrected chi connectivity index (χ2v) is 6.43. The molecule has 4 aromatic rings. The van der Waals surface area contributed by atoms with E-state index in [1.54, 1.807) is 17.7 Å². The number of alkyl halides is 3. The van der Waals surface area contributed by atoms with Gasteiger partial charge in [0.15, 0.2) is 5.65 Å². The minimum atomic E-state index is -4.62. The minimum absolute atomic E-state index is 0.287. The third kappa shape index (κ3) is 3.56. The summed E-state index contributed by atoms with van der Waals surface area (Å²) in [7, 11) is 0. The lowest BCUT2D eigenvalue weighted by molar-refractivity contribution is -0.137. The molecule has 2 aromatic heterocycles. The number of rotatable bonds is 3. The normalized spacial score (nSPS) is 11.6. The van der Waals surface area contributed by atoms with Crippen LogP contribution >= 0.6 is 0 Å². The molecule has 2 heterocycles. The Bertz CT molecular complexity index is 1200. The molecule has 0 spiro atoms. The number of halogens is 3. The van der Waals surface area contributed by atoms with Gasteiger partial charge in [-0.3, -0.25) is 4.79 Å². The van der Waals surface area contributed by atoms with Gasteiger partial charge in [0.05, 0.1) is 34.4 Å². The molecule has 5 nitrogen and oxygen atoms in total. The summed E-state index contributed by atoms with van der Waals surface area (Å²) in [4.78, 5) is 16.8. The summed E-state index contributed by atoms with van der Waals surface area (Å²) < 4.78 is 41.2. The molecular weight excluding hydrogens is 381 g/mol. The van der Waals surface area contributed by atoms with E-state index in [4.69, 9.17) is 0 Å². The van der Waals surface area contributed by atoms with Gasteiger partial charge in [0.2, 0.25) is 0 Å². The molecule has 0 radical (unpaired) electrons. The van der Waals surface area contributed by atoms with Crippen LogP contribution in [-0.2, 0) is 6.18 Å². The lowest BCUT2D eigenvalue weighted by atomic mass is 10.1. The predicted octanol–water partition coefficient (Wildman–Crippen LogP) is 5.00. The van der Waals surface area contributed by atoms with Gasteiger partial charge < -0.3 is 5.32 Å². The van der Waals surface area contributed by atoms with Crippen LogP contribution in [0.4, 0.5) is 18.9 Å². The maximum absolute atomic E-state index is 13.2. The van der Waals surface area contributed by atoms with Gasteiger partial charge in [-0.1, -0.05) is 30.3 Å². The van der Waals surface area contributed by atoms with Gasteiger partial charge in [0, 0.05) is 5.39 Å². The number of nitrogens with one attached hydrogen (secondary N) is 1. The van der Waals surface area contributed by atoms with Crippen molar-refractivity contribution >= 4 is 22.6 Å². The summed E-state index contributed by atoms with van der Waals surface area (Å²) in [6.07, 6.45) is -3.22. The molecule has 0 fully saturated rings. The number of fused-ring (bicyclic) bond motifs is 1. The van der Waals surface area contributed by atoms with Crippen molar-refractivity contribution in [2.75, 3.05) is 5.32 Å². The van der Waals surface area contributed by atoms with E-state index in [0.717, 1.165) is 17.8 Å². The zero-order chi connectivity index (χ0) is 20.6. The number of nitrogens with zero attached hydrogens (tertiary/aromatic N) is 3. The Morgan fingerprint density at radius 2 is 1.72 bits per heavy atom. The predicted molar refractivity (Wildman–Crippen MR) is 103 cm³/mol. The third-order valence-corrected chi connectivity index (χ3v) is 4.44. The SMILES string of the molecule is Cc1nn(-c2ccccc2)c2ncc(NC(=O)c3ccccc3C(F)(F)F)cc12. The molecule has 0 saturated heterocycles. The molecule has 29 heavy (non-hydrogen) atoms. The molecule has 0 saturated carbocycles. The number of carbonyl (C=O) groups excluding carboxylic acids is 1. The van der Waals surface area contributed by atoms with Gasteiger partial charge >= 0.3 is 6.18 Å². The largest absolute Gasteiger partial charge is 0.417 e. The van der Waals surface area contributed by atoms with Gasteiger partial charge in [0.1, 0.15) is 0 Å². The molecule has 8 heteroatoms. The summed E-state index contributed by atoms with van der Waals surface area (Å²) in [6.45, 7) is 1.80. The molecule has 146 valence electrons. The second-order valence-electron chi connectivity index (χ2n) is 6.43. The van der Waals surface area contributed by atoms with E-state index >= 15 is 0 Å². The highest BCUT2D eigenvalue weighted by Crippen LogP contribution is 2.32. The van der Waals surface area contributed by atoms with Crippen LogP contribution < -0.4 is 5.32 Å². The van der Waals surface area contributed by atoms with Crippen LogP contribution in [0.25, 0.3) is 16.7 Å². The summed E-state index contributed by atoms with van der Waals surface area (Å²) >= 11 is 0. The standard InChI is InChI=1S/C21H15F3N4O/c1-13-17-11-14(12-25-19(17)28(27-13)15-7-3-2-4-8-15)26-20(29)16-9-5-6-10-18(16)21(22,23)24/h2-12H,1H3,(H,26,29). The number of pyridine rings is 1. The fourth-order valence-electron chi connectivity index (χ4n) is 3.09. The molecule has 1 N–H and O–H groups in total. The van der Waals surface area contributed by atoms with Gasteiger partial charge in [0.25, 0.3) is 5.91 Å². The first-order valence-corrected chi connectivity index (χ1v) is 8.73. The van der Waals surface area contributed by atoms with E-state index < -0.39 is 23.2 Å². The van der Waals surface area contributed by atoms with Crippen LogP contribution in [-0.4, -0.2) is 20.7 Å². The van der Waals surface area contributed by atoms with Crippen molar-refractivity contribution in [3.8, 4) is 5.69 Å². The number of aromatic nitrogens is 3. The smallest absolute Gasteiger partial charge is 0.321 e. The van der Waals surface area contributed by atoms with Gasteiger partial charge in [-0.2, -0.15) is 18.3 Å². The van der Waals surface area contributed by atoms with Crippen LogP contribution in [0.1, 0.15) is 21.6 Å². The van der Waals surface area contributed by atoms with Gasteiger partial charge in [-0.25, -0.2) is 9.67 Å². The molecule has 0 atom stereocenters. The lowest BCUT2D eigenvalue weighted by Gasteiger charge is -2.12. The fourth-order valence-corrected chi connectivity index (χ4v) is 3.09. The molecule has 0 aliphatic carbocycles. The number of hydrogen-bond acceptors (Lipinski definition) is 3. The number of aryl methyl sites for hydroxylation is 1. The Hall–Kier alpha value is -3.68. The number of anilines is 1. The molecule has 4 rings (SSSR count). The summed E-state index contributed by atoms with van der Waals surface area (Å²) in [5.41, 5.74) is 0.950. The van der Waals surface area contributed by atoms with Crippen LogP contribution in [0.5, 0.6) is 0 Å². The van der Waals surface area contributed by atoms with E-state index in [2.05, 4.69) is 15.4 Å². The van der Waals surface area contributed by atoms with Crippen molar-refractivity contribution in [1.29, 1.82) is 0 Å². The number of carbonyl (C=O) groups is 1. The maximum atomic E-state index is 13.2. The Morgan fingerprint density at radius 3 is 2.45 bits per heavy atom.